The van der Waals surface area contributed by atoms with Crippen LogP contribution in [-0.2, 0) is 6.54 Å². The van der Waals surface area contributed by atoms with Gasteiger partial charge in [-0.3, -0.25) is 0 Å². The third-order valence-electron chi connectivity index (χ3n) is 1.89. The highest BCUT2D eigenvalue weighted by atomic mass is 79.9. The molecule has 0 amide bonds. The van der Waals surface area contributed by atoms with Gasteiger partial charge in [0.2, 0.25) is 0 Å². The molecule has 1 heterocycles. The van der Waals surface area contributed by atoms with Gasteiger partial charge in [-0.25, -0.2) is 0 Å². The summed E-state index contributed by atoms with van der Waals surface area (Å²) in [5.41, 5.74) is 0.177. The quantitative estimate of drug-likeness (QED) is 0.814. The molecular weight excluding hydrogens is 282 g/mol. The smallest absolute Gasteiger partial charge is 0.0701 e. The Labute approximate surface area is 103 Å². The van der Waals surface area contributed by atoms with Crippen molar-refractivity contribution in [3.8, 4) is 0 Å². The second-order valence-corrected chi connectivity index (χ2v) is 6.92. The van der Waals surface area contributed by atoms with E-state index in [1.807, 2.05) is 0 Å². The third kappa shape index (κ3) is 4.30. The number of halogens is 2. The molecule has 0 aliphatic rings. The lowest BCUT2D eigenvalue weighted by Gasteiger charge is -2.21. The zero-order valence-electron chi connectivity index (χ0n) is 8.44. The summed E-state index contributed by atoms with van der Waals surface area (Å²) in [6, 6.07) is 4.21. The van der Waals surface area contributed by atoms with Gasteiger partial charge in [0.25, 0.3) is 0 Å². The summed E-state index contributed by atoms with van der Waals surface area (Å²) in [6.45, 7) is 6.21. The molecule has 1 nitrogen and oxygen atoms in total. The maximum Gasteiger partial charge on any atom is 0.0701 e. The minimum Gasteiger partial charge on any atom is -0.311 e. The number of nitrogens with one attached hydrogen (secondary N) is 1. The highest BCUT2D eigenvalue weighted by molar-refractivity contribution is 9.11. The van der Waals surface area contributed by atoms with Crippen LogP contribution in [0, 0.1) is 5.41 Å². The minimum absolute atomic E-state index is 0.177. The predicted octanol–water partition coefficient (Wildman–Crippen LogP) is 3.87. The van der Waals surface area contributed by atoms with E-state index in [2.05, 4.69) is 47.2 Å². The van der Waals surface area contributed by atoms with Crippen molar-refractivity contribution in [1.29, 1.82) is 0 Å². The minimum atomic E-state index is 0.177. The standard InChI is InChI=1S/C10H15BrClNS/c1-10(2,6-12)7-13-5-8-3-4-9(11)14-8/h3-4,13H,5-7H2,1-2H3. The van der Waals surface area contributed by atoms with E-state index in [1.54, 1.807) is 11.3 Å². The lowest BCUT2D eigenvalue weighted by molar-refractivity contribution is 0.386. The van der Waals surface area contributed by atoms with E-state index in [9.17, 15) is 0 Å². The van der Waals surface area contributed by atoms with Gasteiger partial charge >= 0.3 is 0 Å². The van der Waals surface area contributed by atoms with Crippen LogP contribution in [-0.4, -0.2) is 12.4 Å². The monoisotopic (exact) mass is 295 g/mol. The van der Waals surface area contributed by atoms with Crippen LogP contribution in [0.3, 0.4) is 0 Å². The predicted molar refractivity (Wildman–Crippen MR) is 68.2 cm³/mol. The average Bonchev–Trinajstić information content (AvgIpc) is 2.51. The van der Waals surface area contributed by atoms with E-state index >= 15 is 0 Å². The summed E-state index contributed by atoms with van der Waals surface area (Å²) in [7, 11) is 0. The number of rotatable bonds is 5. The number of alkyl halides is 1. The van der Waals surface area contributed by atoms with Crippen LogP contribution >= 0.6 is 38.9 Å². The number of hydrogen-bond acceptors (Lipinski definition) is 2. The van der Waals surface area contributed by atoms with E-state index < -0.39 is 0 Å². The molecule has 0 aliphatic heterocycles. The molecule has 1 aromatic rings. The van der Waals surface area contributed by atoms with E-state index in [4.69, 9.17) is 11.6 Å². The molecule has 1 N–H and O–H groups in total. The highest BCUT2D eigenvalue weighted by Gasteiger charge is 2.15. The van der Waals surface area contributed by atoms with E-state index in [-0.39, 0.29) is 5.41 Å². The summed E-state index contributed by atoms with van der Waals surface area (Å²) >= 11 is 11.0. The Morgan fingerprint density at radius 3 is 2.71 bits per heavy atom. The van der Waals surface area contributed by atoms with Crippen molar-refractivity contribution in [3.05, 3.63) is 20.8 Å². The van der Waals surface area contributed by atoms with E-state index in [1.165, 1.54) is 8.66 Å². The first kappa shape index (κ1) is 12.5. The molecule has 4 heteroatoms. The molecule has 1 aromatic heterocycles. The van der Waals surface area contributed by atoms with Crippen LogP contribution in [0.2, 0.25) is 0 Å². The first-order chi connectivity index (χ1) is 6.53. The fourth-order valence-electron chi connectivity index (χ4n) is 1.02. The van der Waals surface area contributed by atoms with Crippen molar-refractivity contribution in [2.24, 2.45) is 5.41 Å². The molecule has 80 valence electrons. The molecule has 14 heavy (non-hydrogen) atoms. The van der Waals surface area contributed by atoms with Crippen molar-refractivity contribution in [2.45, 2.75) is 20.4 Å². The summed E-state index contributed by atoms with van der Waals surface area (Å²) < 4.78 is 1.19. The Bertz CT molecular complexity index is 285. The Hall–Kier alpha value is 0.430. The Balaban J connectivity index is 2.28. The molecule has 0 aromatic carbocycles. The molecule has 0 atom stereocenters. The molecule has 0 spiro atoms. The SMILES string of the molecule is CC(C)(CCl)CNCc1ccc(Br)s1. The van der Waals surface area contributed by atoms with Crippen LogP contribution < -0.4 is 5.32 Å². The molecule has 0 saturated heterocycles. The van der Waals surface area contributed by atoms with Gasteiger partial charge in [-0.15, -0.1) is 22.9 Å². The van der Waals surface area contributed by atoms with Crippen molar-refractivity contribution in [2.75, 3.05) is 12.4 Å². The van der Waals surface area contributed by atoms with Crippen molar-refractivity contribution >= 4 is 38.9 Å². The molecule has 0 unspecified atom stereocenters. The molecule has 1 rings (SSSR count). The lowest BCUT2D eigenvalue weighted by Crippen LogP contribution is -2.30. The van der Waals surface area contributed by atoms with Crippen LogP contribution in [0.25, 0.3) is 0 Å². The second-order valence-electron chi connectivity index (χ2n) is 4.11. The Kier molecular flexibility index (Phi) is 4.91. The molecule has 0 aliphatic carbocycles. The topological polar surface area (TPSA) is 12.0 Å². The zero-order chi connectivity index (χ0) is 10.6. The number of thiophene rings is 1. The molecule has 0 saturated carbocycles. The normalized spacial score (nSPS) is 12.0. The van der Waals surface area contributed by atoms with Crippen LogP contribution in [0.5, 0.6) is 0 Å². The van der Waals surface area contributed by atoms with Gasteiger partial charge in [-0.1, -0.05) is 13.8 Å². The summed E-state index contributed by atoms with van der Waals surface area (Å²) in [6.07, 6.45) is 0. The molecule has 0 bridgehead atoms. The summed E-state index contributed by atoms with van der Waals surface area (Å²) in [4.78, 5) is 1.35. The van der Waals surface area contributed by atoms with E-state index in [0.717, 1.165) is 13.1 Å². The van der Waals surface area contributed by atoms with Gasteiger partial charge in [0.15, 0.2) is 0 Å². The first-order valence-electron chi connectivity index (χ1n) is 4.54. The summed E-state index contributed by atoms with van der Waals surface area (Å²) in [5, 5.41) is 3.41. The van der Waals surface area contributed by atoms with Gasteiger partial charge in [0.05, 0.1) is 3.79 Å². The Morgan fingerprint density at radius 2 is 2.21 bits per heavy atom. The average molecular weight is 297 g/mol. The van der Waals surface area contributed by atoms with Crippen molar-refractivity contribution in [1.82, 2.24) is 5.32 Å². The van der Waals surface area contributed by atoms with Gasteiger partial charge in [-0.2, -0.15) is 0 Å². The van der Waals surface area contributed by atoms with Gasteiger partial charge in [-0.05, 0) is 33.5 Å². The molecule has 0 fully saturated rings. The van der Waals surface area contributed by atoms with Crippen LogP contribution in [0.4, 0.5) is 0 Å². The maximum absolute atomic E-state index is 5.83. The first-order valence-corrected chi connectivity index (χ1v) is 6.69. The van der Waals surface area contributed by atoms with Gasteiger partial charge in [0, 0.05) is 23.8 Å². The number of hydrogen-bond donors (Lipinski definition) is 1. The molecule has 0 radical (unpaired) electrons. The third-order valence-corrected chi connectivity index (χ3v) is 4.24. The van der Waals surface area contributed by atoms with Crippen molar-refractivity contribution in [3.63, 3.8) is 0 Å². The maximum atomic E-state index is 5.83. The van der Waals surface area contributed by atoms with Crippen LogP contribution in [0.1, 0.15) is 18.7 Å². The van der Waals surface area contributed by atoms with Gasteiger partial charge < -0.3 is 5.32 Å². The fraction of sp³-hybridized carbons (Fsp3) is 0.600. The Morgan fingerprint density at radius 1 is 1.50 bits per heavy atom. The lowest BCUT2D eigenvalue weighted by atomic mass is 9.97. The zero-order valence-corrected chi connectivity index (χ0v) is 11.6. The molecular formula is C10H15BrClNS. The fourth-order valence-corrected chi connectivity index (χ4v) is 2.57. The second kappa shape index (κ2) is 5.50. The van der Waals surface area contributed by atoms with Crippen molar-refractivity contribution < 1.29 is 0 Å². The summed E-state index contributed by atoms with van der Waals surface area (Å²) in [5.74, 6) is 0.689. The largest absolute Gasteiger partial charge is 0.311 e. The highest BCUT2D eigenvalue weighted by Crippen LogP contribution is 2.22. The van der Waals surface area contributed by atoms with Crippen LogP contribution in [0.15, 0.2) is 15.9 Å². The van der Waals surface area contributed by atoms with E-state index in [0.29, 0.717) is 5.88 Å². The van der Waals surface area contributed by atoms with Gasteiger partial charge in [0.1, 0.15) is 0 Å².